The van der Waals surface area contributed by atoms with Crippen LogP contribution in [0, 0.1) is 0 Å². The van der Waals surface area contributed by atoms with Crippen molar-refractivity contribution >= 4 is 17.7 Å². The van der Waals surface area contributed by atoms with Gasteiger partial charge in [-0.15, -0.1) is 0 Å². The van der Waals surface area contributed by atoms with Crippen LogP contribution < -0.4 is 10.9 Å². The topological polar surface area (TPSA) is 84.2 Å². The molecule has 0 atom stereocenters. The molecule has 6 nitrogen and oxygen atoms in total. The molecule has 0 spiro atoms. The summed E-state index contributed by atoms with van der Waals surface area (Å²) >= 11 is 1.50. The van der Waals surface area contributed by atoms with Crippen LogP contribution in [0.4, 0.5) is 0 Å². The minimum Gasteiger partial charge on any atom is -0.389 e. The predicted molar refractivity (Wildman–Crippen MR) is 67.9 cm³/mol. The number of nitrogens with zero attached hydrogens (tertiary/aromatic N) is 2. The third-order valence-electron chi connectivity index (χ3n) is 2.48. The summed E-state index contributed by atoms with van der Waals surface area (Å²) in [7, 11) is 0. The van der Waals surface area contributed by atoms with E-state index in [1.807, 2.05) is 0 Å². The summed E-state index contributed by atoms with van der Waals surface area (Å²) in [6.45, 7) is 3.83. The maximum Gasteiger partial charge on any atom is 0.267 e. The first-order chi connectivity index (χ1) is 8.38. The van der Waals surface area contributed by atoms with Crippen LogP contribution in [0.15, 0.2) is 16.1 Å². The highest BCUT2D eigenvalue weighted by atomic mass is 32.2. The molecule has 0 bridgehead atoms. The van der Waals surface area contributed by atoms with E-state index >= 15 is 0 Å². The van der Waals surface area contributed by atoms with Crippen molar-refractivity contribution < 1.29 is 9.90 Å². The fraction of sp³-hybridized carbons (Fsp3) is 0.545. The molecule has 1 aliphatic rings. The molecule has 1 amide bonds. The number of nitrogens with one attached hydrogen (secondary N) is 1. The van der Waals surface area contributed by atoms with Crippen LogP contribution in [-0.4, -0.2) is 38.5 Å². The van der Waals surface area contributed by atoms with Crippen molar-refractivity contribution in [1.82, 2.24) is 14.9 Å². The SMILES string of the molecule is CC(C)(O)CNC(=O)c1cnc2n(c1=O)CCS2. The Morgan fingerprint density at radius 2 is 2.39 bits per heavy atom. The van der Waals surface area contributed by atoms with E-state index in [0.29, 0.717) is 11.7 Å². The van der Waals surface area contributed by atoms with E-state index < -0.39 is 11.5 Å². The summed E-state index contributed by atoms with van der Waals surface area (Å²) < 4.78 is 1.50. The van der Waals surface area contributed by atoms with Crippen molar-refractivity contribution in [3.8, 4) is 0 Å². The van der Waals surface area contributed by atoms with Crippen LogP contribution in [0.25, 0.3) is 0 Å². The number of carbonyl (C=O) groups excluding carboxylic acids is 1. The van der Waals surface area contributed by atoms with E-state index in [1.165, 1.54) is 22.5 Å². The van der Waals surface area contributed by atoms with Crippen LogP contribution in [0.3, 0.4) is 0 Å². The molecule has 0 saturated carbocycles. The molecule has 0 aromatic carbocycles. The van der Waals surface area contributed by atoms with E-state index in [1.54, 1.807) is 13.8 Å². The molecule has 1 aromatic rings. The van der Waals surface area contributed by atoms with Gasteiger partial charge < -0.3 is 10.4 Å². The molecule has 2 rings (SSSR count). The molecule has 7 heteroatoms. The molecule has 0 unspecified atom stereocenters. The maximum absolute atomic E-state index is 12.0. The second-order valence-corrected chi connectivity index (χ2v) is 5.82. The van der Waals surface area contributed by atoms with Crippen molar-refractivity contribution in [2.75, 3.05) is 12.3 Å². The van der Waals surface area contributed by atoms with Gasteiger partial charge in [0.2, 0.25) is 0 Å². The maximum atomic E-state index is 12.0. The molecule has 0 aliphatic carbocycles. The van der Waals surface area contributed by atoms with Crippen LogP contribution in [0.2, 0.25) is 0 Å². The zero-order chi connectivity index (χ0) is 13.3. The highest BCUT2D eigenvalue weighted by Crippen LogP contribution is 2.20. The van der Waals surface area contributed by atoms with E-state index in [-0.39, 0.29) is 17.7 Å². The lowest BCUT2D eigenvalue weighted by atomic mass is 10.1. The average molecular weight is 269 g/mol. The Labute approximate surface area is 108 Å². The number of hydrogen-bond acceptors (Lipinski definition) is 5. The smallest absolute Gasteiger partial charge is 0.267 e. The minimum atomic E-state index is -1.01. The van der Waals surface area contributed by atoms with Gasteiger partial charge in [0, 0.05) is 25.0 Å². The predicted octanol–water partition coefficient (Wildman–Crippen LogP) is -0.150. The molecule has 18 heavy (non-hydrogen) atoms. The van der Waals surface area contributed by atoms with Gasteiger partial charge in [-0.25, -0.2) is 4.98 Å². The van der Waals surface area contributed by atoms with Crippen molar-refractivity contribution in [2.45, 2.75) is 31.1 Å². The van der Waals surface area contributed by atoms with Crippen molar-refractivity contribution in [3.05, 3.63) is 22.1 Å². The monoisotopic (exact) mass is 269 g/mol. The molecular formula is C11H15N3O3S. The number of carbonyl (C=O) groups is 1. The molecule has 0 radical (unpaired) electrons. The first kappa shape index (κ1) is 13.1. The number of thioether (sulfide) groups is 1. The van der Waals surface area contributed by atoms with E-state index in [0.717, 1.165) is 5.75 Å². The van der Waals surface area contributed by atoms with Gasteiger partial charge in [0.15, 0.2) is 5.16 Å². The number of hydrogen-bond donors (Lipinski definition) is 2. The second kappa shape index (κ2) is 4.74. The van der Waals surface area contributed by atoms with Crippen LogP contribution in [0.1, 0.15) is 24.2 Å². The third-order valence-corrected chi connectivity index (χ3v) is 3.45. The van der Waals surface area contributed by atoms with Crippen LogP contribution in [-0.2, 0) is 6.54 Å². The Morgan fingerprint density at radius 1 is 1.67 bits per heavy atom. The number of aliphatic hydroxyl groups is 1. The lowest BCUT2D eigenvalue weighted by Gasteiger charge is -2.17. The lowest BCUT2D eigenvalue weighted by Crippen LogP contribution is -2.40. The Morgan fingerprint density at radius 3 is 3.06 bits per heavy atom. The van der Waals surface area contributed by atoms with Gasteiger partial charge in [-0.1, -0.05) is 11.8 Å². The molecule has 0 fully saturated rings. The summed E-state index contributed by atoms with van der Waals surface area (Å²) in [4.78, 5) is 27.9. The lowest BCUT2D eigenvalue weighted by molar-refractivity contribution is 0.0693. The van der Waals surface area contributed by atoms with Crippen molar-refractivity contribution in [3.63, 3.8) is 0 Å². The summed E-state index contributed by atoms with van der Waals surface area (Å²) in [5.74, 6) is 0.304. The Hall–Kier alpha value is -1.34. The van der Waals surface area contributed by atoms with Gasteiger partial charge >= 0.3 is 0 Å². The zero-order valence-corrected chi connectivity index (χ0v) is 11.1. The number of aromatic nitrogens is 2. The van der Waals surface area contributed by atoms with Crippen molar-refractivity contribution in [2.24, 2.45) is 0 Å². The molecule has 98 valence electrons. The largest absolute Gasteiger partial charge is 0.389 e. The highest BCUT2D eigenvalue weighted by molar-refractivity contribution is 7.99. The molecule has 1 aromatic heterocycles. The third kappa shape index (κ3) is 2.73. The van der Waals surface area contributed by atoms with Crippen LogP contribution >= 0.6 is 11.8 Å². The Balaban J connectivity index is 2.19. The highest BCUT2D eigenvalue weighted by Gasteiger charge is 2.21. The van der Waals surface area contributed by atoms with Gasteiger partial charge in [-0.05, 0) is 13.8 Å². The number of fused-ring (bicyclic) bond motifs is 1. The molecule has 0 saturated heterocycles. The standard InChI is InChI=1S/C11H15N3O3S/c1-11(2,17)6-13-8(15)7-5-12-10-14(9(7)16)3-4-18-10/h5,17H,3-4,6H2,1-2H3,(H,13,15). The second-order valence-electron chi connectivity index (χ2n) is 4.75. The molecule has 2 N–H and O–H groups in total. The number of rotatable bonds is 3. The normalized spacial score (nSPS) is 14.4. The molecular weight excluding hydrogens is 254 g/mol. The van der Waals surface area contributed by atoms with E-state index in [9.17, 15) is 14.7 Å². The fourth-order valence-electron chi connectivity index (χ4n) is 1.57. The first-order valence-corrected chi connectivity index (χ1v) is 6.60. The van der Waals surface area contributed by atoms with Gasteiger partial charge in [0.25, 0.3) is 11.5 Å². The summed E-state index contributed by atoms with van der Waals surface area (Å²) in [5, 5.41) is 12.7. The average Bonchev–Trinajstić information content (AvgIpc) is 2.74. The molecule has 2 heterocycles. The molecule has 1 aliphatic heterocycles. The quantitative estimate of drug-likeness (QED) is 0.746. The summed E-state index contributed by atoms with van der Waals surface area (Å²) in [5.41, 5.74) is -1.31. The fourth-order valence-corrected chi connectivity index (χ4v) is 2.48. The van der Waals surface area contributed by atoms with Crippen molar-refractivity contribution in [1.29, 1.82) is 0 Å². The van der Waals surface area contributed by atoms with E-state index in [4.69, 9.17) is 0 Å². The van der Waals surface area contributed by atoms with Gasteiger partial charge in [0.05, 0.1) is 5.60 Å². The Bertz CT molecular complexity index is 533. The summed E-state index contributed by atoms with van der Waals surface area (Å²) in [6.07, 6.45) is 1.30. The van der Waals surface area contributed by atoms with Gasteiger partial charge in [-0.2, -0.15) is 0 Å². The zero-order valence-electron chi connectivity index (χ0n) is 10.3. The van der Waals surface area contributed by atoms with Gasteiger partial charge in [0.1, 0.15) is 5.56 Å². The van der Waals surface area contributed by atoms with Crippen LogP contribution in [0.5, 0.6) is 0 Å². The summed E-state index contributed by atoms with van der Waals surface area (Å²) in [6, 6.07) is 0. The van der Waals surface area contributed by atoms with Gasteiger partial charge in [-0.3, -0.25) is 14.2 Å². The Kier molecular flexibility index (Phi) is 3.45. The number of amides is 1. The van der Waals surface area contributed by atoms with E-state index in [2.05, 4.69) is 10.3 Å². The first-order valence-electron chi connectivity index (χ1n) is 5.62. The minimum absolute atomic E-state index is 0.0190.